The molecule has 5 nitrogen and oxygen atoms in total. The Kier molecular flexibility index (Phi) is 4.72. The lowest BCUT2D eigenvalue weighted by Gasteiger charge is -2.24. The SMILES string of the molecule is Cc1nc(CN2CCCC2c2cccc(Nc3ncccn3)c2)cs1. The van der Waals surface area contributed by atoms with Crippen molar-refractivity contribution >= 4 is 23.0 Å². The first-order chi connectivity index (χ1) is 12.3. The second-order valence-electron chi connectivity index (χ2n) is 6.31. The van der Waals surface area contributed by atoms with Gasteiger partial charge in [0, 0.05) is 36.0 Å². The van der Waals surface area contributed by atoms with Crippen molar-refractivity contribution in [1.82, 2.24) is 19.9 Å². The lowest BCUT2D eigenvalue weighted by atomic mass is 10.0. The highest BCUT2D eigenvalue weighted by Gasteiger charge is 2.26. The highest BCUT2D eigenvalue weighted by molar-refractivity contribution is 7.09. The number of rotatable bonds is 5. The molecule has 1 aliphatic heterocycles. The topological polar surface area (TPSA) is 53.9 Å². The molecule has 4 rings (SSSR count). The molecule has 1 aromatic carbocycles. The third-order valence-electron chi connectivity index (χ3n) is 4.49. The number of thiazole rings is 1. The lowest BCUT2D eigenvalue weighted by molar-refractivity contribution is 0.246. The van der Waals surface area contributed by atoms with Gasteiger partial charge in [-0.1, -0.05) is 12.1 Å². The molecule has 1 aliphatic rings. The number of aryl methyl sites for hydroxylation is 1. The summed E-state index contributed by atoms with van der Waals surface area (Å²) >= 11 is 1.73. The zero-order valence-corrected chi connectivity index (χ0v) is 15.0. The third kappa shape index (κ3) is 3.86. The molecular formula is C19H21N5S. The molecule has 0 bridgehead atoms. The fourth-order valence-electron chi connectivity index (χ4n) is 3.40. The molecule has 0 saturated carbocycles. The summed E-state index contributed by atoms with van der Waals surface area (Å²) < 4.78 is 0. The van der Waals surface area contributed by atoms with Crippen molar-refractivity contribution in [1.29, 1.82) is 0 Å². The predicted octanol–water partition coefficient (Wildman–Crippen LogP) is 4.32. The summed E-state index contributed by atoms with van der Waals surface area (Å²) in [5, 5.41) is 6.60. The summed E-state index contributed by atoms with van der Waals surface area (Å²) in [6.07, 6.45) is 5.91. The summed E-state index contributed by atoms with van der Waals surface area (Å²) in [5.41, 5.74) is 3.55. The van der Waals surface area contributed by atoms with Gasteiger partial charge in [0.1, 0.15) is 0 Å². The number of benzene rings is 1. The Morgan fingerprint density at radius 3 is 2.92 bits per heavy atom. The van der Waals surface area contributed by atoms with Crippen molar-refractivity contribution in [3.8, 4) is 0 Å². The van der Waals surface area contributed by atoms with Gasteiger partial charge in [-0.3, -0.25) is 4.90 Å². The van der Waals surface area contributed by atoms with Gasteiger partial charge in [-0.15, -0.1) is 11.3 Å². The summed E-state index contributed by atoms with van der Waals surface area (Å²) in [5.74, 6) is 0.626. The van der Waals surface area contributed by atoms with E-state index in [1.165, 1.54) is 24.1 Å². The van der Waals surface area contributed by atoms with E-state index in [2.05, 4.69) is 61.7 Å². The van der Waals surface area contributed by atoms with E-state index < -0.39 is 0 Å². The molecule has 0 radical (unpaired) electrons. The average Bonchev–Trinajstić information content (AvgIpc) is 3.25. The number of anilines is 2. The van der Waals surface area contributed by atoms with E-state index in [0.717, 1.165) is 23.8 Å². The second kappa shape index (κ2) is 7.29. The van der Waals surface area contributed by atoms with Crippen LogP contribution in [0.15, 0.2) is 48.1 Å². The van der Waals surface area contributed by atoms with Gasteiger partial charge in [-0.25, -0.2) is 15.0 Å². The van der Waals surface area contributed by atoms with E-state index in [4.69, 9.17) is 0 Å². The fourth-order valence-corrected chi connectivity index (χ4v) is 4.00. The van der Waals surface area contributed by atoms with E-state index in [0.29, 0.717) is 12.0 Å². The van der Waals surface area contributed by atoms with Gasteiger partial charge >= 0.3 is 0 Å². The highest BCUT2D eigenvalue weighted by atomic mass is 32.1. The van der Waals surface area contributed by atoms with Gasteiger partial charge in [0.25, 0.3) is 0 Å². The van der Waals surface area contributed by atoms with Crippen molar-refractivity contribution in [3.63, 3.8) is 0 Å². The molecule has 1 unspecified atom stereocenters. The number of hydrogen-bond donors (Lipinski definition) is 1. The number of nitrogens with one attached hydrogen (secondary N) is 1. The van der Waals surface area contributed by atoms with Gasteiger partial charge in [-0.2, -0.15) is 0 Å². The molecule has 2 aromatic heterocycles. The third-order valence-corrected chi connectivity index (χ3v) is 5.31. The maximum atomic E-state index is 4.62. The Bertz CT molecular complexity index is 833. The number of aromatic nitrogens is 3. The lowest BCUT2D eigenvalue weighted by Crippen LogP contribution is -2.23. The number of likely N-dealkylation sites (tertiary alicyclic amines) is 1. The van der Waals surface area contributed by atoms with Crippen molar-refractivity contribution < 1.29 is 0 Å². The van der Waals surface area contributed by atoms with Crippen LogP contribution in [0, 0.1) is 6.92 Å². The summed E-state index contributed by atoms with van der Waals surface area (Å²) in [4.78, 5) is 15.6. The molecule has 0 spiro atoms. The van der Waals surface area contributed by atoms with Crippen LogP contribution in [-0.2, 0) is 6.54 Å². The Hall–Kier alpha value is -2.31. The normalized spacial score (nSPS) is 17.7. The van der Waals surface area contributed by atoms with Crippen LogP contribution in [0.3, 0.4) is 0 Å². The van der Waals surface area contributed by atoms with Crippen molar-refractivity contribution in [2.24, 2.45) is 0 Å². The molecule has 3 aromatic rings. The molecule has 128 valence electrons. The minimum Gasteiger partial charge on any atom is -0.324 e. The highest BCUT2D eigenvalue weighted by Crippen LogP contribution is 2.34. The molecule has 3 heterocycles. The van der Waals surface area contributed by atoms with Gasteiger partial charge in [0.05, 0.1) is 10.7 Å². The summed E-state index contributed by atoms with van der Waals surface area (Å²) in [6, 6.07) is 10.9. The average molecular weight is 351 g/mol. The molecule has 6 heteroatoms. The molecule has 0 amide bonds. The van der Waals surface area contributed by atoms with E-state index in [1.54, 1.807) is 23.7 Å². The van der Waals surface area contributed by atoms with Gasteiger partial charge in [0.15, 0.2) is 0 Å². The van der Waals surface area contributed by atoms with Crippen LogP contribution in [0.5, 0.6) is 0 Å². The summed E-state index contributed by atoms with van der Waals surface area (Å²) in [7, 11) is 0. The molecule has 1 fully saturated rings. The Morgan fingerprint density at radius 2 is 2.12 bits per heavy atom. The molecule has 1 N–H and O–H groups in total. The number of nitrogens with zero attached hydrogens (tertiary/aromatic N) is 4. The molecule has 25 heavy (non-hydrogen) atoms. The van der Waals surface area contributed by atoms with Crippen LogP contribution in [0.25, 0.3) is 0 Å². The largest absolute Gasteiger partial charge is 0.324 e. The van der Waals surface area contributed by atoms with Crippen LogP contribution in [0.2, 0.25) is 0 Å². The number of hydrogen-bond acceptors (Lipinski definition) is 6. The first-order valence-electron chi connectivity index (χ1n) is 8.57. The first-order valence-corrected chi connectivity index (χ1v) is 9.45. The minimum absolute atomic E-state index is 0.445. The smallest absolute Gasteiger partial charge is 0.227 e. The maximum Gasteiger partial charge on any atom is 0.227 e. The Labute approximate surface area is 151 Å². The first kappa shape index (κ1) is 16.2. The Balaban J connectivity index is 1.51. The van der Waals surface area contributed by atoms with Crippen molar-refractivity contribution in [2.75, 3.05) is 11.9 Å². The molecule has 0 aliphatic carbocycles. The monoisotopic (exact) mass is 351 g/mol. The zero-order valence-electron chi connectivity index (χ0n) is 14.2. The standard InChI is InChI=1S/C19H21N5S/c1-14-22-17(13-25-14)12-24-10-3-7-18(24)15-5-2-6-16(11-15)23-19-20-8-4-9-21-19/h2,4-6,8-9,11,13,18H,3,7,10,12H2,1H3,(H,20,21,23). The predicted molar refractivity (Wildman–Crippen MR) is 101 cm³/mol. The molecular weight excluding hydrogens is 330 g/mol. The van der Waals surface area contributed by atoms with Crippen LogP contribution in [-0.4, -0.2) is 26.4 Å². The molecule has 1 atom stereocenters. The second-order valence-corrected chi connectivity index (χ2v) is 7.37. The van der Waals surface area contributed by atoms with E-state index in [9.17, 15) is 0 Å². The maximum absolute atomic E-state index is 4.62. The van der Waals surface area contributed by atoms with Gasteiger partial charge < -0.3 is 5.32 Å². The van der Waals surface area contributed by atoms with Crippen LogP contribution in [0.4, 0.5) is 11.6 Å². The van der Waals surface area contributed by atoms with Crippen LogP contribution < -0.4 is 5.32 Å². The van der Waals surface area contributed by atoms with E-state index in [1.807, 2.05) is 6.07 Å². The van der Waals surface area contributed by atoms with Crippen molar-refractivity contribution in [2.45, 2.75) is 32.4 Å². The fraction of sp³-hybridized carbons (Fsp3) is 0.316. The van der Waals surface area contributed by atoms with E-state index >= 15 is 0 Å². The molecule has 1 saturated heterocycles. The van der Waals surface area contributed by atoms with Crippen LogP contribution >= 0.6 is 11.3 Å². The van der Waals surface area contributed by atoms with Gasteiger partial charge in [0.2, 0.25) is 5.95 Å². The zero-order chi connectivity index (χ0) is 17.1. The quantitative estimate of drug-likeness (QED) is 0.742. The minimum atomic E-state index is 0.445. The van der Waals surface area contributed by atoms with Crippen LogP contribution in [0.1, 0.15) is 35.1 Å². The summed E-state index contributed by atoms with van der Waals surface area (Å²) in [6.45, 7) is 4.12. The van der Waals surface area contributed by atoms with Crippen molar-refractivity contribution in [3.05, 3.63) is 64.4 Å². The van der Waals surface area contributed by atoms with Gasteiger partial charge in [-0.05, 0) is 50.1 Å². The van der Waals surface area contributed by atoms with E-state index in [-0.39, 0.29) is 0 Å². The Morgan fingerprint density at radius 1 is 1.24 bits per heavy atom.